The van der Waals surface area contributed by atoms with E-state index >= 15 is 0 Å². The predicted molar refractivity (Wildman–Crippen MR) is 89.5 cm³/mol. The largest absolute Gasteiger partial charge is 0.198 e. The summed E-state index contributed by atoms with van der Waals surface area (Å²) in [5.41, 5.74) is 2.39. The zero-order chi connectivity index (χ0) is 15.6. The molecule has 21 heavy (non-hydrogen) atoms. The van der Waals surface area contributed by atoms with Crippen LogP contribution in [0.1, 0.15) is 57.6 Å². The molecule has 1 radical (unpaired) electrons. The van der Waals surface area contributed by atoms with Crippen molar-refractivity contribution in [2.24, 2.45) is 11.3 Å². The van der Waals surface area contributed by atoms with Crippen LogP contribution < -0.4 is 0 Å². The number of unbranched alkanes of at least 4 members (excludes halogenated alkanes) is 1. The number of nitriles is 1. The molecule has 1 nitrogen and oxygen atoms in total. The first kappa shape index (κ1) is 16.7. The monoisotopic (exact) mass is 322 g/mol. The maximum absolute atomic E-state index is 8.67. The summed E-state index contributed by atoms with van der Waals surface area (Å²) in [4.78, 5) is 0. The van der Waals surface area contributed by atoms with Gasteiger partial charge in [-0.2, -0.15) is 5.26 Å². The maximum Gasteiger partial charge on any atom is 0.0630 e. The van der Waals surface area contributed by atoms with Crippen LogP contribution in [-0.4, -0.2) is 0 Å². The highest BCUT2D eigenvalue weighted by molar-refractivity contribution is 6.42. The highest BCUT2D eigenvalue weighted by Crippen LogP contribution is 2.53. The number of benzene rings is 1. The van der Waals surface area contributed by atoms with Crippen molar-refractivity contribution in [3.8, 4) is 6.07 Å². The van der Waals surface area contributed by atoms with Gasteiger partial charge in [-0.25, -0.2) is 0 Å². The average molecular weight is 323 g/mol. The van der Waals surface area contributed by atoms with Crippen molar-refractivity contribution in [1.29, 1.82) is 5.26 Å². The second kappa shape index (κ2) is 6.59. The molecule has 0 N–H and O–H groups in total. The molecule has 2 rings (SSSR count). The molecule has 1 aliphatic carbocycles. The third kappa shape index (κ3) is 4.15. The molecule has 0 heterocycles. The number of hydrogen-bond acceptors (Lipinski definition) is 1. The number of nitrogens with zero attached hydrogens (tertiary/aromatic N) is 1. The molecule has 0 aromatic heterocycles. The van der Waals surface area contributed by atoms with Crippen molar-refractivity contribution in [3.05, 3.63) is 39.2 Å². The van der Waals surface area contributed by atoms with Crippen LogP contribution in [0.4, 0.5) is 0 Å². The van der Waals surface area contributed by atoms with Crippen LogP contribution in [0.5, 0.6) is 0 Å². The van der Waals surface area contributed by atoms with Crippen LogP contribution in [0.25, 0.3) is 0 Å². The number of halogens is 2. The lowest BCUT2D eigenvalue weighted by molar-refractivity contribution is 0.415. The topological polar surface area (TPSA) is 23.8 Å². The van der Waals surface area contributed by atoms with Crippen molar-refractivity contribution < 1.29 is 0 Å². The number of rotatable bonds is 5. The lowest BCUT2D eigenvalue weighted by atomic mass is 9.73. The summed E-state index contributed by atoms with van der Waals surface area (Å²) in [5.74, 6) is 2.07. The summed E-state index contributed by atoms with van der Waals surface area (Å²) in [6, 6.07) is 6.32. The van der Waals surface area contributed by atoms with E-state index in [9.17, 15) is 0 Å². The Balaban J connectivity index is 2.34. The van der Waals surface area contributed by atoms with Crippen LogP contribution in [-0.2, 0) is 6.42 Å². The fraction of sp³-hybridized carbons (Fsp3) is 0.556. The molecule has 1 aliphatic rings. The Morgan fingerprint density at radius 2 is 1.95 bits per heavy atom. The minimum atomic E-state index is 0.0966. The third-order valence-electron chi connectivity index (χ3n) is 3.93. The van der Waals surface area contributed by atoms with E-state index in [1.54, 1.807) is 0 Å². The normalized spacial score (nSPS) is 15.3. The second-order valence-electron chi connectivity index (χ2n) is 6.89. The van der Waals surface area contributed by atoms with Crippen LogP contribution in [0, 0.1) is 28.6 Å². The average Bonchev–Trinajstić information content (AvgIpc) is 3.18. The molecule has 1 aromatic rings. The van der Waals surface area contributed by atoms with Crippen molar-refractivity contribution in [2.75, 3.05) is 0 Å². The molecule has 0 bridgehead atoms. The number of hydrogen-bond donors (Lipinski definition) is 0. The summed E-state index contributed by atoms with van der Waals surface area (Å²) in [7, 11) is 0. The fourth-order valence-corrected chi connectivity index (χ4v) is 3.42. The van der Waals surface area contributed by atoms with E-state index in [-0.39, 0.29) is 5.41 Å². The molecule has 1 saturated carbocycles. The lowest BCUT2D eigenvalue weighted by Crippen LogP contribution is -2.22. The minimum Gasteiger partial charge on any atom is -0.198 e. The van der Waals surface area contributed by atoms with Crippen molar-refractivity contribution in [1.82, 2.24) is 0 Å². The zero-order valence-corrected chi connectivity index (χ0v) is 14.5. The predicted octanol–water partition coefficient (Wildman–Crippen LogP) is 6.22. The molecule has 1 aromatic carbocycles. The van der Waals surface area contributed by atoms with Gasteiger partial charge in [0.25, 0.3) is 0 Å². The summed E-state index contributed by atoms with van der Waals surface area (Å²) >= 11 is 12.8. The van der Waals surface area contributed by atoms with E-state index in [1.165, 1.54) is 24.3 Å². The van der Waals surface area contributed by atoms with E-state index in [0.29, 0.717) is 22.4 Å². The van der Waals surface area contributed by atoms with Crippen LogP contribution in [0.2, 0.25) is 10.0 Å². The van der Waals surface area contributed by atoms with E-state index < -0.39 is 0 Å². The Morgan fingerprint density at radius 3 is 2.48 bits per heavy atom. The molecular formula is C18H22Cl2N. The highest BCUT2D eigenvalue weighted by Gasteiger charge is 2.41. The van der Waals surface area contributed by atoms with E-state index in [2.05, 4.69) is 32.9 Å². The Bertz CT molecular complexity index is 548. The summed E-state index contributed by atoms with van der Waals surface area (Å²) in [5, 5.41) is 9.98. The Kier molecular flexibility index (Phi) is 5.23. The van der Waals surface area contributed by atoms with E-state index in [1.807, 2.05) is 6.07 Å². The molecular weight excluding hydrogens is 301 g/mol. The number of aryl methyl sites for hydroxylation is 1. The first-order valence-corrected chi connectivity index (χ1v) is 8.32. The molecule has 0 spiro atoms. The third-order valence-corrected chi connectivity index (χ3v) is 4.73. The van der Waals surface area contributed by atoms with Gasteiger partial charge in [-0.05, 0) is 54.2 Å². The van der Waals surface area contributed by atoms with Gasteiger partial charge in [-0.3, -0.25) is 0 Å². The van der Waals surface area contributed by atoms with Gasteiger partial charge < -0.3 is 0 Å². The van der Waals surface area contributed by atoms with Gasteiger partial charge in [-0.1, -0.05) is 50.0 Å². The molecule has 0 aliphatic heterocycles. The minimum absolute atomic E-state index is 0.0966. The second-order valence-corrected chi connectivity index (χ2v) is 7.67. The first-order chi connectivity index (χ1) is 9.84. The van der Waals surface area contributed by atoms with Gasteiger partial charge >= 0.3 is 0 Å². The molecule has 0 unspecified atom stereocenters. The van der Waals surface area contributed by atoms with Gasteiger partial charge in [0.05, 0.1) is 16.1 Å². The zero-order valence-electron chi connectivity index (χ0n) is 13.0. The fourth-order valence-electron chi connectivity index (χ4n) is 2.97. The molecule has 1 fully saturated rings. The first-order valence-electron chi connectivity index (χ1n) is 7.57. The standard InChI is InChI=1S/C18H22Cl2N/c1-18(2,3)16(13-7-8-13)14-10-12(6-4-5-9-21)11-15(19)17(14)20/h10-11,13H,4-8H2,1-3H3. The van der Waals surface area contributed by atoms with Crippen molar-refractivity contribution in [2.45, 2.75) is 52.9 Å². The lowest BCUT2D eigenvalue weighted by Gasteiger charge is -2.32. The summed E-state index contributed by atoms with van der Waals surface area (Å²) in [6.07, 6.45) is 4.81. The van der Waals surface area contributed by atoms with Gasteiger partial charge in [-0.15, -0.1) is 0 Å². The smallest absolute Gasteiger partial charge is 0.0630 e. The Hall–Kier alpha value is -0.710. The van der Waals surface area contributed by atoms with E-state index in [4.69, 9.17) is 28.5 Å². The molecule has 0 amide bonds. The maximum atomic E-state index is 8.67. The molecule has 113 valence electrons. The highest BCUT2D eigenvalue weighted by atomic mass is 35.5. The van der Waals surface area contributed by atoms with E-state index in [0.717, 1.165) is 18.4 Å². The van der Waals surface area contributed by atoms with Crippen molar-refractivity contribution >= 4 is 23.2 Å². The molecule has 3 heteroatoms. The SMILES string of the molecule is CC(C)(C)[C](c1cc(CCCC#N)cc(Cl)c1Cl)C1CC1. The quantitative estimate of drug-likeness (QED) is 0.590. The van der Waals surface area contributed by atoms with Gasteiger partial charge in [0.2, 0.25) is 0 Å². The van der Waals surface area contributed by atoms with Crippen molar-refractivity contribution in [3.63, 3.8) is 0 Å². The Morgan fingerprint density at radius 1 is 1.29 bits per heavy atom. The van der Waals surface area contributed by atoms with Crippen LogP contribution in [0.3, 0.4) is 0 Å². The Labute approximate surface area is 138 Å². The van der Waals surface area contributed by atoms with Gasteiger partial charge in [0.15, 0.2) is 0 Å². The summed E-state index contributed by atoms with van der Waals surface area (Å²) in [6.45, 7) is 6.73. The van der Waals surface area contributed by atoms with Gasteiger partial charge in [0.1, 0.15) is 0 Å². The van der Waals surface area contributed by atoms with Crippen LogP contribution >= 0.6 is 23.2 Å². The molecule has 0 saturated heterocycles. The van der Waals surface area contributed by atoms with Gasteiger partial charge in [0, 0.05) is 12.3 Å². The summed E-state index contributed by atoms with van der Waals surface area (Å²) < 4.78 is 0. The molecule has 0 atom stereocenters. The van der Waals surface area contributed by atoms with Crippen LogP contribution in [0.15, 0.2) is 12.1 Å².